The average Bonchev–Trinajstić information content (AvgIpc) is 2.64. The molecule has 0 bridgehead atoms. The summed E-state index contributed by atoms with van der Waals surface area (Å²) in [6, 6.07) is 20.5. The molecule has 1 heterocycles. The van der Waals surface area contributed by atoms with Crippen molar-refractivity contribution in [2.45, 2.75) is 20.3 Å². The topological polar surface area (TPSA) is 36.1 Å². The van der Waals surface area contributed by atoms with Gasteiger partial charge in [0.15, 0.2) is 0 Å². The van der Waals surface area contributed by atoms with Gasteiger partial charge in [-0.3, -0.25) is 4.79 Å². The molecule has 0 saturated carbocycles. The zero-order valence-corrected chi connectivity index (χ0v) is 14.3. The van der Waals surface area contributed by atoms with Crippen molar-refractivity contribution in [2.24, 2.45) is 0 Å². The van der Waals surface area contributed by atoms with Crippen LogP contribution in [-0.4, -0.2) is 12.0 Å². The van der Waals surface area contributed by atoms with E-state index in [0.717, 1.165) is 40.2 Å². The summed E-state index contributed by atoms with van der Waals surface area (Å²) < 4.78 is 0. The maximum Gasteiger partial charge on any atom is 0.251 e. The van der Waals surface area contributed by atoms with Crippen LogP contribution in [0.2, 0.25) is 0 Å². The van der Waals surface area contributed by atoms with E-state index in [-0.39, 0.29) is 5.56 Å². The van der Waals surface area contributed by atoms with Gasteiger partial charge in [0.05, 0.1) is 5.69 Å². The van der Waals surface area contributed by atoms with Crippen LogP contribution in [0.5, 0.6) is 0 Å². The molecule has 0 fully saturated rings. The number of aromatic amines is 1. The molecule has 0 aliphatic rings. The van der Waals surface area contributed by atoms with Gasteiger partial charge in [0, 0.05) is 24.0 Å². The zero-order valence-electron chi connectivity index (χ0n) is 14.3. The molecule has 1 N–H and O–H groups in total. The van der Waals surface area contributed by atoms with E-state index in [1.807, 2.05) is 31.2 Å². The van der Waals surface area contributed by atoms with Crippen molar-refractivity contribution < 1.29 is 0 Å². The van der Waals surface area contributed by atoms with E-state index in [1.54, 1.807) is 0 Å². The van der Waals surface area contributed by atoms with Crippen molar-refractivity contribution in [1.82, 2.24) is 4.98 Å². The Labute approximate surface area is 142 Å². The number of anilines is 2. The highest BCUT2D eigenvalue weighted by Gasteiger charge is 2.09. The molecule has 0 unspecified atom stereocenters. The summed E-state index contributed by atoms with van der Waals surface area (Å²) >= 11 is 0. The Kier molecular flexibility index (Phi) is 4.52. The summed E-state index contributed by atoms with van der Waals surface area (Å²) in [6.07, 6.45) is 0.888. The first kappa shape index (κ1) is 16.1. The first-order valence-electron chi connectivity index (χ1n) is 8.22. The predicted octanol–water partition coefficient (Wildman–Crippen LogP) is 4.68. The fourth-order valence-corrected chi connectivity index (χ4v) is 2.88. The van der Waals surface area contributed by atoms with Crippen LogP contribution in [0.3, 0.4) is 0 Å². The number of nitrogens with one attached hydrogen (secondary N) is 1. The van der Waals surface area contributed by atoms with E-state index in [4.69, 9.17) is 0 Å². The van der Waals surface area contributed by atoms with Crippen molar-refractivity contribution in [3.8, 4) is 11.3 Å². The van der Waals surface area contributed by atoms with Crippen LogP contribution in [0.15, 0.2) is 65.5 Å². The first-order chi connectivity index (χ1) is 11.6. The third kappa shape index (κ3) is 3.11. The molecule has 3 rings (SSSR count). The molecule has 3 nitrogen and oxygen atoms in total. The van der Waals surface area contributed by atoms with Gasteiger partial charge in [-0.2, -0.15) is 0 Å². The number of benzene rings is 2. The summed E-state index contributed by atoms with van der Waals surface area (Å²) in [7, 11) is 2.05. The van der Waals surface area contributed by atoms with Crippen LogP contribution in [-0.2, 0) is 6.42 Å². The summed E-state index contributed by atoms with van der Waals surface area (Å²) in [4.78, 5) is 17.1. The maximum absolute atomic E-state index is 12.0. The van der Waals surface area contributed by atoms with Gasteiger partial charge in [-0.15, -0.1) is 0 Å². The van der Waals surface area contributed by atoms with Gasteiger partial charge < -0.3 is 9.88 Å². The molecule has 0 aliphatic carbocycles. The number of hydrogen-bond acceptors (Lipinski definition) is 2. The van der Waals surface area contributed by atoms with Gasteiger partial charge in [0.25, 0.3) is 5.56 Å². The number of para-hydroxylation sites is 1. The largest absolute Gasteiger partial charge is 0.345 e. The summed E-state index contributed by atoms with van der Waals surface area (Å²) in [5, 5.41) is 0. The lowest BCUT2D eigenvalue weighted by Gasteiger charge is -2.20. The number of hydrogen-bond donors (Lipinski definition) is 1. The highest BCUT2D eigenvalue weighted by molar-refractivity contribution is 5.69. The van der Waals surface area contributed by atoms with Gasteiger partial charge >= 0.3 is 0 Å². The third-order valence-corrected chi connectivity index (χ3v) is 4.38. The van der Waals surface area contributed by atoms with E-state index in [9.17, 15) is 4.79 Å². The van der Waals surface area contributed by atoms with E-state index >= 15 is 0 Å². The lowest BCUT2D eigenvalue weighted by atomic mass is 10.0. The van der Waals surface area contributed by atoms with Crippen LogP contribution in [0, 0.1) is 6.92 Å². The minimum atomic E-state index is -0.0207. The lowest BCUT2D eigenvalue weighted by Crippen LogP contribution is -2.12. The molecule has 0 spiro atoms. The van der Waals surface area contributed by atoms with Gasteiger partial charge in [-0.1, -0.05) is 37.3 Å². The Bertz CT molecular complexity index is 880. The van der Waals surface area contributed by atoms with E-state index < -0.39 is 0 Å². The van der Waals surface area contributed by atoms with Crippen molar-refractivity contribution in [3.63, 3.8) is 0 Å². The molecular formula is C21H22N2O. The molecule has 3 heteroatoms. The molecular weight excluding hydrogens is 296 g/mol. The molecule has 122 valence electrons. The number of rotatable bonds is 4. The summed E-state index contributed by atoms with van der Waals surface area (Å²) in [6.45, 7) is 3.95. The quantitative estimate of drug-likeness (QED) is 0.758. The number of nitrogens with zero attached hydrogens (tertiary/aromatic N) is 1. The van der Waals surface area contributed by atoms with Gasteiger partial charge in [-0.25, -0.2) is 0 Å². The molecule has 0 atom stereocenters. The molecule has 0 saturated heterocycles. The Balaban J connectivity index is 1.96. The maximum atomic E-state index is 12.0. The second-order valence-electron chi connectivity index (χ2n) is 5.98. The fraction of sp³-hybridized carbons (Fsp3) is 0.190. The zero-order chi connectivity index (χ0) is 17.1. The molecule has 1 aromatic heterocycles. The minimum absolute atomic E-state index is 0.0207. The highest BCUT2D eigenvalue weighted by atomic mass is 16.1. The normalized spacial score (nSPS) is 10.6. The van der Waals surface area contributed by atoms with Crippen molar-refractivity contribution in [2.75, 3.05) is 11.9 Å². The average molecular weight is 318 g/mol. The molecule has 0 aliphatic heterocycles. The Hall–Kier alpha value is -2.81. The Morgan fingerprint density at radius 1 is 0.958 bits per heavy atom. The third-order valence-electron chi connectivity index (χ3n) is 4.38. The molecule has 0 radical (unpaired) electrons. The van der Waals surface area contributed by atoms with E-state index in [1.165, 1.54) is 0 Å². The van der Waals surface area contributed by atoms with Crippen LogP contribution < -0.4 is 10.5 Å². The Morgan fingerprint density at radius 2 is 1.58 bits per heavy atom. The van der Waals surface area contributed by atoms with E-state index in [2.05, 4.69) is 60.3 Å². The van der Waals surface area contributed by atoms with Gasteiger partial charge in [0.2, 0.25) is 0 Å². The number of pyridine rings is 1. The Morgan fingerprint density at radius 3 is 2.21 bits per heavy atom. The molecule has 0 amide bonds. The predicted molar refractivity (Wildman–Crippen MR) is 101 cm³/mol. The van der Waals surface area contributed by atoms with Crippen LogP contribution in [0.4, 0.5) is 11.4 Å². The first-order valence-corrected chi connectivity index (χ1v) is 8.22. The smallest absolute Gasteiger partial charge is 0.251 e. The molecule has 3 aromatic rings. The fourth-order valence-electron chi connectivity index (χ4n) is 2.88. The highest BCUT2D eigenvalue weighted by Crippen LogP contribution is 2.27. The van der Waals surface area contributed by atoms with Crippen LogP contribution in [0.1, 0.15) is 18.1 Å². The minimum Gasteiger partial charge on any atom is -0.345 e. The standard InChI is InChI=1S/C21H22N2O/c1-4-16-14-15(2)21(24)22-20(16)17-10-12-19(13-11-17)23(3)18-8-6-5-7-9-18/h5-14H,4H2,1-3H3,(H,22,24). The molecule has 24 heavy (non-hydrogen) atoms. The lowest BCUT2D eigenvalue weighted by molar-refractivity contribution is 1.07. The monoisotopic (exact) mass is 318 g/mol. The molecule has 2 aromatic carbocycles. The summed E-state index contributed by atoms with van der Waals surface area (Å²) in [5.41, 5.74) is 6.11. The summed E-state index contributed by atoms with van der Waals surface area (Å²) in [5.74, 6) is 0. The second-order valence-corrected chi connectivity index (χ2v) is 5.98. The SMILES string of the molecule is CCc1cc(C)c(=O)[nH]c1-c1ccc(N(C)c2ccccc2)cc1. The number of aromatic nitrogens is 1. The van der Waals surface area contributed by atoms with Gasteiger partial charge in [-0.05, 0) is 54.8 Å². The second kappa shape index (κ2) is 6.75. The number of aryl methyl sites for hydroxylation is 2. The van der Waals surface area contributed by atoms with E-state index in [0.29, 0.717) is 0 Å². The number of H-pyrrole nitrogens is 1. The van der Waals surface area contributed by atoms with Crippen LogP contribution >= 0.6 is 0 Å². The van der Waals surface area contributed by atoms with Gasteiger partial charge in [0.1, 0.15) is 0 Å². The van der Waals surface area contributed by atoms with Crippen LogP contribution in [0.25, 0.3) is 11.3 Å². The van der Waals surface area contributed by atoms with Crippen molar-refractivity contribution in [3.05, 3.63) is 82.1 Å². The van der Waals surface area contributed by atoms with Crippen molar-refractivity contribution >= 4 is 11.4 Å². The van der Waals surface area contributed by atoms with Crippen molar-refractivity contribution in [1.29, 1.82) is 0 Å².